The molecule has 5 nitrogen and oxygen atoms in total. The number of methoxy groups -OCH3 is 2. The van der Waals surface area contributed by atoms with Crippen LogP contribution in [-0.4, -0.2) is 31.7 Å². The Kier molecular flexibility index (Phi) is 5.24. The third-order valence-corrected chi connectivity index (χ3v) is 5.63. The number of aromatic nitrogens is 1. The first kappa shape index (κ1) is 18.4. The Labute approximate surface area is 165 Å². The van der Waals surface area contributed by atoms with E-state index in [2.05, 4.69) is 28.5 Å². The molecule has 2 aromatic carbocycles. The van der Waals surface area contributed by atoms with Crippen LogP contribution in [0.3, 0.4) is 0 Å². The molecule has 1 atom stereocenters. The molecular weight excluding hydrogens is 352 g/mol. The molecule has 1 aliphatic carbocycles. The third kappa shape index (κ3) is 3.57. The molecule has 1 aliphatic rings. The van der Waals surface area contributed by atoms with Crippen LogP contribution in [0.15, 0.2) is 42.5 Å². The largest absolute Gasteiger partial charge is 0.493 e. The van der Waals surface area contributed by atoms with E-state index in [4.69, 9.17) is 9.47 Å². The van der Waals surface area contributed by atoms with Gasteiger partial charge in [0.1, 0.15) is 0 Å². The lowest BCUT2D eigenvalue weighted by Crippen LogP contribution is -2.35. The molecule has 2 N–H and O–H groups in total. The molecule has 0 saturated carbocycles. The number of benzene rings is 2. The number of hydrogen-bond acceptors (Lipinski definition) is 3. The summed E-state index contributed by atoms with van der Waals surface area (Å²) in [5.74, 6) is 1.62. The fraction of sp³-hybridized carbons (Fsp3) is 0.348. The zero-order valence-electron chi connectivity index (χ0n) is 16.4. The summed E-state index contributed by atoms with van der Waals surface area (Å²) in [7, 11) is 3.26. The lowest BCUT2D eigenvalue weighted by Gasteiger charge is -2.22. The van der Waals surface area contributed by atoms with Crippen molar-refractivity contribution >= 4 is 16.8 Å². The van der Waals surface area contributed by atoms with Crippen molar-refractivity contribution in [3.63, 3.8) is 0 Å². The van der Waals surface area contributed by atoms with Gasteiger partial charge in [0.15, 0.2) is 11.5 Å². The molecular formula is C23H26N2O3. The molecule has 146 valence electrons. The number of hydrogen-bond donors (Lipinski definition) is 2. The number of nitrogens with one attached hydrogen (secondary N) is 2. The van der Waals surface area contributed by atoms with Gasteiger partial charge in [-0.05, 0) is 55.0 Å². The summed E-state index contributed by atoms with van der Waals surface area (Å²) < 4.78 is 10.6. The zero-order chi connectivity index (χ0) is 19.5. The van der Waals surface area contributed by atoms with Crippen LogP contribution in [0.2, 0.25) is 0 Å². The van der Waals surface area contributed by atoms with E-state index in [0.717, 1.165) is 31.2 Å². The van der Waals surface area contributed by atoms with Gasteiger partial charge in [0, 0.05) is 29.1 Å². The van der Waals surface area contributed by atoms with E-state index < -0.39 is 0 Å². The van der Waals surface area contributed by atoms with E-state index in [0.29, 0.717) is 18.0 Å². The van der Waals surface area contributed by atoms with E-state index in [1.54, 1.807) is 14.2 Å². The van der Waals surface area contributed by atoms with Gasteiger partial charge in [0.05, 0.1) is 14.2 Å². The first-order valence-corrected chi connectivity index (χ1v) is 9.76. The van der Waals surface area contributed by atoms with Crippen molar-refractivity contribution in [3.05, 3.63) is 59.3 Å². The van der Waals surface area contributed by atoms with Crippen molar-refractivity contribution in [2.75, 3.05) is 20.8 Å². The molecule has 28 heavy (non-hydrogen) atoms. The highest BCUT2D eigenvalue weighted by molar-refractivity contribution is 5.87. The summed E-state index contributed by atoms with van der Waals surface area (Å²) >= 11 is 0. The molecule has 0 bridgehead atoms. The number of aryl methyl sites for hydroxylation is 1. The summed E-state index contributed by atoms with van der Waals surface area (Å²) in [5.41, 5.74) is 4.87. The number of aromatic amines is 1. The third-order valence-electron chi connectivity index (χ3n) is 5.63. The molecule has 0 radical (unpaired) electrons. The number of H-pyrrole nitrogens is 1. The Morgan fingerprint density at radius 3 is 2.79 bits per heavy atom. The lowest BCUT2D eigenvalue weighted by molar-refractivity contribution is -0.125. The SMILES string of the molecule is COc1ccc(CCNC(=O)C2CCc3[nH]c4ccccc4c3C2)cc1OC. The Balaban J connectivity index is 1.36. The maximum absolute atomic E-state index is 12.7. The second-order valence-electron chi connectivity index (χ2n) is 7.30. The van der Waals surface area contributed by atoms with Crippen LogP contribution in [0.25, 0.3) is 10.9 Å². The second-order valence-corrected chi connectivity index (χ2v) is 7.30. The van der Waals surface area contributed by atoms with Crippen molar-refractivity contribution in [1.82, 2.24) is 10.3 Å². The molecule has 3 aromatic rings. The second kappa shape index (κ2) is 7.97. The van der Waals surface area contributed by atoms with Crippen LogP contribution < -0.4 is 14.8 Å². The van der Waals surface area contributed by atoms with Gasteiger partial charge in [0.25, 0.3) is 0 Å². The fourth-order valence-corrected chi connectivity index (χ4v) is 4.10. The monoisotopic (exact) mass is 378 g/mol. The Bertz CT molecular complexity index is 993. The standard InChI is InChI=1S/C23H26N2O3/c1-27-21-10-7-15(13-22(21)28-2)11-12-24-23(26)16-8-9-20-18(14-16)17-5-3-4-6-19(17)25-20/h3-7,10,13,16,25H,8-9,11-12,14H2,1-2H3,(H,24,26). The molecule has 4 rings (SSSR count). The summed E-state index contributed by atoms with van der Waals surface area (Å²) in [6, 6.07) is 14.2. The van der Waals surface area contributed by atoms with Crippen molar-refractivity contribution in [1.29, 1.82) is 0 Å². The summed E-state index contributed by atoms with van der Waals surface area (Å²) in [4.78, 5) is 16.2. The first-order chi connectivity index (χ1) is 13.7. The quantitative estimate of drug-likeness (QED) is 0.688. The van der Waals surface area contributed by atoms with Crippen LogP contribution in [0, 0.1) is 5.92 Å². The summed E-state index contributed by atoms with van der Waals surface area (Å²) in [6.45, 7) is 0.617. The van der Waals surface area contributed by atoms with Crippen LogP contribution in [0.4, 0.5) is 0 Å². The van der Waals surface area contributed by atoms with Crippen LogP contribution in [0.5, 0.6) is 11.5 Å². The van der Waals surface area contributed by atoms with Crippen LogP contribution >= 0.6 is 0 Å². The number of fused-ring (bicyclic) bond motifs is 3. The average Bonchev–Trinajstić information content (AvgIpc) is 3.11. The topological polar surface area (TPSA) is 63.3 Å². The number of rotatable bonds is 6. The highest BCUT2D eigenvalue weighted by Crippen LogP contribution is 2.32. The van der Waals surface area contributed by atoms with Gasteiger partial charge in [0.2, 0.25) is 5.91 Å². The smallest absolute Gasteiger partial charge is 0.223 e. The molecule has 0 saturated heterocycles. The molecule has 0 fully saturated rings. The highest BCUT2D eigenvalue weighted by Gasteiger charge is 2.27. The molecule has 1 unspecified atom stereocenters. The Morgan fingerprint density at radius 1 is 1.14 bits per heavy atom. The summed E-state index contributed by atoms with van der Waals surface area (Å²) in [5, 5.41) is 4.37. The van der Waals surface area contributed by atoms with Gasteiger partial charge in [-0.1, -0.05) is 24.3 Å². The van der Waals surface area contributed by atoms with Crippen molar-refractivity contribution < 1.29 is 14.3 Å². The molecule has 1 heterocycles. The van der Waals surface area contributed by atoms with Gasteiger partial charge in [-0.2, -0.15) is 0 Å². The number of amides is 1. The highest BCUT2D eigenvalue weighted by atomic mass is 16.5. The molecule has 1 amide bonds. The fourth-order valence-electron chi connectivity index (χ4n) is 4.10. The minimum absolute atomic E-state index is 0.0390. The number of ether oxygens (including phenoxy) is 2. The van der Waals surface area contributed by atoms with E-state index in [9.17, 15) is 4.79 Å². The molecule has 5 heteroatoms. The van der Waals surface area contributed by atoms with Gasteiger partial charge in [-0.25, -0.2) is 0 Å². The molecule has 0 aliphatic heterocycles. The lowest BCUT2D eigenvalue weighted by atomic mass is 9.86. The number of carbonyl (C=O) groups excluding carboxylic acids is 1. The number of carbonyl (C=O) groups is 1. The maximum Gasteiger partial charge on any atom is 0.223 e. The van der Waals surface area contributed by atoms with E-state index in [1.165, 1.54) is 22.2 Å². The van der Waals surface area contributed by atoms with Crippen LogP contribution in [0.1, 0.15) is 23.2 Å². The van der Waals surface area contributed by atoms with E-state index in [1.807, 2.05) is 24.3 Å². The van der Waals surface area contributed by atoms with Gasteiger partial charge < -0.3 is 19.8 Å². The predicted molar refractivity (Wildman–Crippen MR) is 110 cm³/mol. The van der Waals surface area contributed by atoms with Crippen molar-refractivity contribution in [3.8, 4) is 11.5 Å². The first-order valence-electron chi connectivity index (χ1n) is 9.76. The van der Waals surface area contributed by atoms with Crippen molar-refractivity contribution in [2.24, 2.45) is 5.92 Å². The molecule has 0 spiro atoms. The zero-order valence-corrected chi connectivity index (χ0v) is 16.4. The molecule has 1 aromatic heterocycles. The van der Waals surface area contributed by atoms with Gasteiger partial charge >= 0.3 is 0 Å². The van der Waals surface area contributed by atoms with Gasteiger partial charge in [-0.15, -0.1) is 0 Å². The maximum atomic E-state index is 12.7. The van der Waals surface area contributed by atoms with Crippen molar-refractivity contribution in [2.45, 2.75) is 25.7 Å². The van der Waals surface area contributed by atoms with Crippen LogP contribution in [-0.2, 0) is 24.1 Å². The van der Waals surface area contributed by atoms with Gasteiger partial charge in [-0.3, -0.25) is 4.79 Å². The van der Waals surface area contributed by atoms with E-state index >= 15 is 0 Å². The minimum Gasteiger partial charge on any atom is -0.493 e. The predicted octanol–water partition coefficient (Wildman–Crippen LogP) is 3.65. The Morgan fingerprint density at radius 2 is 1.96 bits per heavy atom. The Hall–Kier alpha value is -2.95. The minimum atomic E-state index is 0.0390. The van der Waals surface area contributed by atoms with E-state index in [-0.39, 0.29) is 11.8 Å². The summed E-state index contributed by atoms with van der Waals surface area (Å²) in [6.07, 6.45) is 3.39. The normalized spacial score (nSPS) is 15.9. The number of para-hydroxylation sites is 1. The average molecular weight is 378 g/mol.